The molecule has 1 heterocycles. The molecule has 136 valence electrons. The molecule has 6 heteroatoms. The molecule has 3 aromatic rings. The Hall–Kier alpha value is -3.02. The van der Waals surface area contributed by atoms with Crippen molar-refractivity contribution in [2.45, 2.75) is 13.0 Å². The van der Waals surface area contributed by atoms with Crippen LogP contribution in [0.5, 0.6) is 11.5 Å². The van der Waals surface area contributed by atoms with Crippen LogP contribution in [0.2, 0.25) is 0 Å². The molecular formula is C20H21FN2O3. The number of benzene rings is 2. The average Bonchev–Trinajstić information content (AvgIpc) is 2.96. The fourth-order valence-corrected chi connectivity index (χ4v) is 2.83. The molecule has 1 amide bonds. The third kappa shape index (κ3) is 3.64. The van der Waals surface area contributed by atoms with Gasteiger partial charge < -0.3 is 19.4 Å². The zero-order valence-electron chi connectivity index (χ0n) is 15.0. The van der Waals surface area contributed by atoms with E-state index in [0.717, 1.165) is 5.52 Å². The number of aromatic nitrogens is 1. The fourth-order valence-electron chi connectivity index (χ4n) is 2.83. The molecule has 0 saturated heterocycles. The minimum atomic E-state index is -0.325. The van der Waals surface area contributed by atoms with Crippen LogP contribution in [0, 0.1) is 5.82 Å². The van der Waals surface area contributed by atoms with E-state index in [4.69, 9.17) is 9.47 Å². The number of hydrogen-bond acceptors (Lipinski definition) is 3. The maximum Gasteiger partial charge on any atom is 0.268 e. The van der Waals surface area contributed by atoms with Crippen LogP contribution in [-0.2, 0) is 7.05 Å². The maximum atomic E-state index is 13.4. The van der Waals surface area contributed by atoms with Crippen molar-refractivity contribution in [1.82, 2.24) is 9.88 Å². The van der Waals surface area contributed by atoms with Crippen molar-refractivity contribution in [3.8, 4) is 11.5 Å². The highest BCUT2D eigenvalue weighted by Gasteiger charge is 2.16. The first kappa shape index (κ1) is 17.8. The number of carbonyl (C=O) groups excluding carboxylic acids is 1. The smallest absolute Gasteiger partial charge is 0.268 e. The summed E-state index contributed by atoms with van der Waals surface area (Å²) in [5.74, 6) is 0.701. The van der Waals surface area contributed by atoms with Crippen LogP contribution in [0.1, 0.15) is 17.4 Å². The summed E-state index contributed by atoms with van der Waals surface area (Å²) in [6, 6.07) is 13.3. The molecule has 1 atom stereocenters. The highest BCUT2D eigenvalue weighted by molar-refractivity contribution is 5.98. The molecule has 0 radical (unpaired) electrons. The van der Waals surface area contributed by atoms with Crippen LogP contribution in [0.3, 0.4) is 0 Å². The van der Waals surface area contributed by atoms with E-state index in [-0.39, 0.29) is 17.8 Å². The topological polar surface area (TPSA) is 52.5 Å². The van der Waals surface area contributed by atoms with E-state index in [9.17, 15) is 9.18 Å². The molecule has 3 rings (SSSR count). The summed E-state index contributed by atoms with van der Waals surface area (Å²) in [5, 5.41) is 3.59. The van der Waals surface area contributed by atoms with Gasteiger partial charge in [-0.05, 0) is 43.3 Å². The van der Waals surface area contributed by atoms with Crippen LogP contribution in [-0.4, -0.2) is 30.2 Å². The second kappa shape index (κ2) is 7.47. The van der Waals surface area contributed by atoms with Gasteiger partial charge in [0, 0.05) is 18.0 Å². The number of amides is 1. The van der Waals surface area contributed by atoms with Gasteiger partial charge >= 0.3 is 0 Å². The van der Waals surface area contributed by atoms with E-state index in [1.165, 1.54) is 12.1 Å². The van der Waals surface area contributed by atoms with Gasteiger partial charge in [-0.25, -0.2) is 4.39 Å². The monoisotopic (exact) mass is 356 g/mol. The Morgan fingerprint density at radius 3 is 2.65 bits per heavy atom. The molecule has 2 aromatic carbocycles. The quantitative estimate of drug-likeness (QED) is 0.735. The summed E-state index contributed by atoms with van der Waals surface area (Å²) in [4.78, 5) is 12.6. The van der Waals surface area contributed by atoms with Crippen molar-refractivity contribution in [3.63, 3.8) is 0 Å². The lowest BCUT2D eigenvalue weighted by molar-refractivity contribution is 0.0918. The van der Waals surface area contributed by atoms with Gasteiger partial charge in [-0.1, -0.05) is 12.1 Å². The maximum absolute atomic E-state index is 13.4. The van der Waals surface area contributed by atoms with Crippen LogP contribution >= 0.6 is 0 Å². The van der Waals surface area contributed by atoms with E-state index < -0.39 is 0 Å². The number of methoxy groups -OCH3 is 1. The van der Waals surface area contributed by atoms with Crippen molar-refractivity contribution < 1.29 is 18.7 Å². The predicted octanol–water partition coefficient (Wildman–Crippen LogP) is 3.52. The summed E-state index contributed by atoms with van der Waals surface area (Å²) >= 11 is 0. The van der Waals surface area contributed by atoms with Gasteiger partial charge in [0.05, 0.1) is 13.2 Å². The molecule has 5 nitrogen and oxygen atoms in total. The third-order valence-corrected chi connectivity index (χ3v) is 4.17. The van der Waals surface area contributed by atoms with Crippen molar-refractivity contribution in [2.24, 2.45) is 7.05 Å². The number of nitrogens with zero attached hydrogens (tertiary/aromatic N) is 1. The van der Waals surface area contributed by atoms with E-state index in [1.54, 1.807) is 30.9 Å². The Balaban J connectivity index is 1.67. The number of rotatable bonds is 6. The van der Waals surface area contributed by atoms with Crippen molar-refractivity contribution in [3.05, 3.63) is 60.0 Å². The average molecular weight is 356 g/mol. The number of carbonyl (C=O) groups is 1. The number of ether oxygens (including phenoxy) is 2. The highest BCUT2D eigenvalue weighted by Crippen LogP contribution is 2.25. The van der Waals surface area contributed by atoms with Crippen molar-refractivity contribution >= 4 is 16.8 Å². The van der Waals surface area contributed by atoms with Gasteiger partial charge in [0.2, 0.25) is 0 Å². The first-order chi connectivity index (χ1) is 12.5. The number of halogens is 1. The first-order valence-corrected chi connectivity index (χ1v) is 8.31. The molecular weight excluding hydrogens is 335 g/mol. The number of para-hydroxylation sites is 2. The number of nitrogens with one attached hydrogen (secondary N) is 1. The summed E-state index contributed by atoms with van der Waals surface area (Å²) in [5.41, 5.74) is 1.27. The zero-order valence-corrected chi connectivity index (χ0v) is 15.0. The highest BCUT2D eigenvalue weighted by atomic mass is 19.1. The molecule has 0 bridgehead atoms. The van der Waals surface area contributed by atoms with Gasteiger partial charge in [-0.15, -0.1) is 0 Å². The van der Waals surface area contributed by atoms with E-state index in [2.05, 4.69) is 5.32 Å². The first-order valence-electron chi connectivity index (χ1n) is 8.31. The van der Waals surface area contributed by atoms with Gasteiger partial charge in [0.15, 0.2) is 11.5 Å². The lowest BCUT2D eigenvalue weighted by Gasteiger charge is -2.16. The molecule has 26 heavy (non-hydrogen) atoms. The Bertz CT molecular complexity index is 936. The lowest BCUT2D eigenvalue weighted by Crippen LogP contribution is -2.37. The standard InChI is InChI=1S/C20H21FN2O3/c1-13(12-26-19-7-5-4-6-18(19)25-3)22-20(24)17-11-14-10-15(21)8-9-16(14)23(17)2/h4-11,13H,12H2,1-3H3,(H,22,24)/t13-/m0/s1. The predicted molar refractivity (Wildman–Crippen MR) is 98.3 cm³/mol. The van der Waals surface area contributed by atoms with Crippen molar-refractivity contribution in [2.75, 3.05) is 13.7 Å². The largest absolute Gasteiger partial charge is 0.493 e. The van der Waals surface area contributed by atoms with Crippen LogP contribution in [0.25, 0.3) is 10.9 Å². The number of aryl methyl sites for hydroxylation is 1. The molecule has 0 spiro atoms. The van der Waals surface area contributed by atoms with E-state index in [1.807, 2.05) is 31.2 Å². The molecule has 1 aromatic heterocycles. The van der Waals surface area contributed by atoms with E-state index >= 15 is 0 Å². The Kier molecular flexibility index (Phi) is 5.11. The fraction of sp³-hybridized carbons (Fsp3) is 0.250. The van der Waals surface area contributed by atoms with Gasteiger partial charge in [-0.3, -0.25) is 4.79 Å². The minimum Gasteiger partial charge on any atom is -0.493 e. The van der Waals surface area contributed by atoms with Gasteiger partial charge in [0.1, 0.15) is 18.1 Å². The van der Waals surface area contributed by atoms with E-state index in [0.29, 0.717) is 29.2 Å². The van der Waals surface area contributed by atoms with Gasteiger partial charge in [-0.2, -0.15) is 0 Å². The Morgan fingerprint density at radius 2 is 1.92 bits per heavy atom. The number of fused-ring (bicyclic) bond motifs is 1. The molecule has 0 aliphatic carbocycles. The van der Waals surface area contributed by atoms with Crippen LogP contribution in [0.4, 0.5) is 4.39 Å². The Morgan fingerprint density at radius 1 is 1.19 bits per heavy atom. The van der Waals surface area contributed by atoms with Crippen molar-refractivity contribution in [1.29, 1.82) is 0 Å². The molecule has 0 unspecified atom stereocenters. The zero-order chi connectivity index (χ0) is 18.7. The number of hydrogen-bond donors (Lipinski definition) is 1. The summed E-state index contributed by atoms with van der Waals surface area (Å²) < 4.78 is 26.1. The summed E-state index contributed by atoms with van der Waals surface area (Å²) in [6.07, 6.45) is 0. The van der Waals surface area contributed by atoms with Crippen LogP contribution < -0.4 is 14.8 Å². The molecule has 0 saturated carbocycles. The molecule has 1 N–H and O–H groups in total. The summed E-state index contributed by atoms with van der Waals surface area (Å²) in [6.45, 7) is 2.15. The van der Waals surface area contributed by atoms with Gasteiger partial charge in [0.25, 0.3) is 5.91 Å². The minimum absolute atomic E-state index is 0.220. The lowest BCUT2D eigenvalue weighted by atomic mass is 10.2. The SMILES string of the molecule is COc1ccccc1OC[C@H](C)NC(=O)c1cc2cc(F)ccc2n1C. The van der Waals surface area contributed by atoms with Crippen LogP contribution in [0.15, 0.2) is 48.5 Å². The molecule has 0 aliphatic heterocycles. The normalized spacial score (nSPS) is 12.0. The second-order valence-electron chi connectivity index (χ2n) is 6.13. The molecule has 0 fully saturated rings. The molecule has 0 aliphatic rings. The Labute approximate surface area is 151 Å². The third-order valence-electron chi connectivity index (χ3n) is 4.17. The summed E-state index contributed by atoms with van der Waals surface area (Å²) in [7, 11) is 3.36. The second-order valence-corrected chi connectivity index (χ2v) is 6.13.